The Morgan fingerprint density at radius 3 is 2.81 bits per heavy atom. The summed E-state index contributed by atoms with van der Waals surface area (Å²) >= 11 is 1.48. The highest BCUT2D eigenvalue weighted by atomic mass is 32.1. The minimum atomic E-state index is -1.13. The van der Waals surface area contributed by atoms with Gasteiger partial charge in [-0.1, -0.05) is 16.5 Å². The molecule has 10 heteroatoms. The molecule has 0 amide bonds. The molecule has 1 aromatic carbocycles. The minimum absolute atomic E-state index is 0.0323. The summed E-state index contributed by atoms with van der Waals surface area (Å²) in [6, 6.07) is 6.88. The van der Waals surface area contributed by atoms with Crippen molar-refractivity contribution in [2.45, 2.75) is 13.5 Å². The van der Waals surface area contributed by atoms with Crippen molar-refractivity contribution in [3.05, 3.63) is 46.7 Å². The zero-order valence-corrected chi connectivity index (χ0v) is 15.3. The smallest absolute Gasteiger partial charge is 0.343 e. The van der Waals surface area contributed by atoms with Crippen LogP contribution in [0, 0.1) is 6.92 Å². The number of nitrogens with zero attached hydrogens (tertiary/aromatic N) is 4. The number of hydrogen-bond acceptors (Lipinski definition) is 8. The molecule has 2 N–H and O–H groups in total. The second-order valence-electron chi connectivity index (χ2n) is 5.70. The Kier molecular flexibility index (Phi) is 4.24. The molecule has 0 spiro atoms. The summed E-state index contributed by atoms with van der Waals surface area (Å²) in [4.78, 5) is 17.0. The summed E-state index contributed by atoms with van der Waals surface area (Å²) in [5.41, 5.74) is 1.28. The van der Waals surface area contributed by atoms with Gasteiger partial charge in [0.05, 0.1) is 25.5 Å². The van der Waals surface area contributed by atoms with Crippen LogP contribution in [0.3, 0.4) is 0 Å². The normalized spacial score (nSPS) is 11.0. The summed E-state index contributed by atoms with van der Waals surface area (Å²) in [5, 5.41) is 21.7. The number of aryl methyl sites for hydroxylation is 1. The molecule has 27 heavy (non-hydrogen) atoms. The van der Waals surface area contributed by atoms with E-state index in [0.29, 0.717) is 17.9 Å². The van der Waals surface area contributed by atoms with Crippen molar-refractivity contribution >= 4 is 28.1 Å². The predicted octanol–water partition coefficient (Wildman–Crippen LogP) is 3.07. The van der Waals surface area contributed by atoms with Gasteiger partial charge >= 0.3 is 5.97 Å². The molecule has 138 valence electrons. The number of methoxy groups -OCH3 is 1. The minimum Gasteiger partial charge on any atom is -0.497 e. The molecular formula is C17H15N5O4S. The van der Waals surface area contributed by atoms with E-state index in [4.69, 9.17) is 9.26 Å². The number of rotatable bonds is 6. The first-order valence-electron chi connectivity index (χ1n) is 7.98. The van der Waals surface area contributed by atoms with Crippen molar-refractivity contribution in [3.63, 3.8) is 0 Å². The number of hydrogen-bond donors (Lipinski definition) is 2. The molecule has 0 saturated carbocycles. The molecule has 0 saturated heterocycles. The molecule has 9 nitrogen and oxygen atoms in total. The van der Waals surface area contributed by atoms with E-state index in [1.807, 2.05) is 6.92 Å². The number of carboxylic acids is 1. The lowest BCUT2D eigenvalue weighted by Crippen LogP contribution is -2.06. The van der Waals surface area contributed by atoms with Crippen molar-refractivity contribution in [1.82, 2.24) is 19.8 Å². The summed E-state index contributed by atoms with van der Waals surface area (Å²) in [6.45, 7) is 2.20. The van der Waals surface area contributed by atoms with Crippen LogP contribution in [-0.4, -0.2) is 37.9 Å². The first-order chi connectivity index (χ1) is 13.0. The Bertz CT molecular complexity index is 1080. The number of anilines is 1. The number of benzene rings is 1. The number of carbonyl (C=O) groups is 1. The van der Waals surface area contributed by atoms with Crippen LogP contribution in [0.5, 0.6) is 5.75 Å². The van der Waals surface area contributed by atoms with E-state index in [0.717, 1.165) is 15.7 Å². The Hall–Kier alpha value is -3.40. The Morgan fingerprint density at radius 2 is 2.15 bits per heavy atom. The summed E-state index contributed by atoms with van der Waals surface area (Å²) in [7, 11) is 1.56. The van der Waals surface area contributed by atoms with E-state index in [-0.39, 0.29) is 17.1 Å². The molecule has 0 fully saturated rings. The van der Waals surface area contributed by atoms with Gasteiger partial charge in [0, 0.05) is 5.56 Å². The Morgan fingerprint density at radius 1 is 1.37 bits per heavy atom. The third-order valence-corrected chi connectivity index (χ3v) is 4.73. The van der Waals surface area contributed by atoms with Crippen LogP contribution in [-0.2, 0) is 6.54 Å². The molecule has 0 bridgehead atoms. The molecule has 0 atom stereocenters. The van der Waals surface area contributed by atoms with Gasteiger partial charge in [-0.25, -0.2) is 14.3 Å². The van der Waals surface area contributed by atoms with E-state index in [9.17, 15) is 9.90 Å². The molecule has 0 aliphatic heterocycles. The number of ether oxygens (including phenoxy) is 1. The first kappa shape index (κ1) is 17.0. The standard InChI is InChI=1S/C17H15N5O4S/c1-9-20-22-8-11(19-17(22)27-9)7-18-15-13(16(23)24)14(26-21-15)10-3-5-12(25-2)6-4-10/h3-6,8H,7H2,1-2H3,(H,18,21)(H,23,24). The van der Waals surface area contributed by atoms with Gasteiger partial charge < -0.3 is 19.7 Å². The third-order valence-electron chi connectivity index (χ3n) is 3.89. The van der Waals surface area contributed by atoms with E-state index >= 15 is 0 Å². The lowest BCUT2D eigenvalue weighted by molar-refractivity contribution is 0.0698. The van der Waals surface area contributed by atoms with Crippen LogP contribution in [0.25, 0.3) is 16.3 Å². The predicted molar refractivity (Wildman–Crippen MR) is 98.4 cm³/mol. The number of imidazole rings is 1. The van der Waals surface area contributed by atoms with Crippen molar-refractivity contribution in [2.75, 3.05) is 12.4 Å². The average molecular weight is 385 g/mol. The van der Waals surface area contributed by atoms with E-state index in [1.54, 1.807) is 42.1 Å². The third kappa shape index (κ3) is 3.22. The van der Waals surface area contributed by atoms with Gasteiger partial charge in [0.2, 0.25) is 4.96 Å². The quantitative estimate of drug-likeness (QED) is 0.520. The number of nitrogens with one attached hydrogen (secondary N) is 1. The average Bonchev–Trinajstić information content (AvgIpc) is 3.32. The number of aromatic nitrogens is 4. The zero-order chi connectivity index (χ0) is 19.0. The highest BCUT2D eigenvalue weighted by Gasteiger charge is 2.24. The summed E-state index contributed by atoms with van der Waals surface area (Å²) in [5.74, 6) is -0.144. The zero-order valence-electron chi connectivity index (χ0n) is 14.5. The van der Waals surface area contributed by atoms with E-state index in [2.05, 4.69) is 20.6 Å². The van der Waals surface area contributed by atoms with Crippen molar-refractivity contribution < 1.29 is 19.2 Å². The van der Waals surface area contributed by atoms with Gasteiger partial charge in [-0.15, -0.1) is 0 Å². The maximum absolute atomic E-state index is 11.8. The SMILES string of the molecule is COc1ccc(-c2onc(NCc3cn4nc(C)sc4n3)c2C(=O)O)cc1. The summed E-state index contributed by atoms with van der Waals surface area (Å²) < 4.78 is 12.1. The molecule has 4 rings (SSSR count). The second-order valence-corrected chi connectivity index (χ2v) is 6.86. The van der Waals surface area contributed by atoms with Crippen LogP contribution in [0.15, 0.2) is 35.0 Å². The summed E-state index contributed by atoms with van der Waals surface area (Å²) in [6.07, 6.45) is 1.79. The molecule has 3 heterocycles. The van der Waals surface area contributed by atoms with Gasteiger partial charge in [0.15, 0.2) is 17.1 Å². The molecular weight excluding hydrogens is 370 g/mol. The fourth-order valence-corrected chi connectivity index (χ4v) is 3.40. The van der Waals surface area contributed by atoms with Gasteiger partial charge in [-0.05, 0) is 31.2 Å². The van der Waals surface area contributed by atoms with E-state index < -0.39 is 5.97 Å². The van der Waals surface area contributed by atoms with E-state index in [1.165, 1.54) is 11.3 Å². The topological polar surface area (TPSA) is 115 Å². The number of carboxylic acid groups (broad SMARTS) is 1. The van der Waals surface area contributed by atoms with Crippen LogP contribution in [0.1, 0.15) is 21.1 Å². The number of fused-ring (bicyclic) bond motifs is 1. The van der Waals surface area contributed by atoms with Gasteiger partial charge in [0.1, 0.15) is 10.8 Å². The largest absolute Gasteiger partial charge is 0.497 e. The highest BCUT2D eigenvalue weighted by molar-refractivity contribution is 7.16. The van der Waals surface area contributed by atoms with Crippen LogP contribution in [0.2, 0.25) is 0 Å². The van der Waals surface area contributed by atoms with Crippen molar-refractivity contribution in [3.8, 4) is 17.1 Å². The van der Waals surface area contributed by atoms with Gasteiger partial charge in [-0.3, -0.25) is 0 Å². The molecule has 0 unspecified atom stereocenters. The van der Waals surface area contributed by atoms with Gasteiger partial charge in [0.25, 0.3) is 0 Å². The Balaban J connectivity index is 1.59. The fourth-order valence-electron chi connectivity index (χ4n) is 2.65. The maximum atomic E-state index is 11.8. The molecule has 0 radical (unpaired) electrons. The molecule has 4 aromatic rings. The van der Waals surface area contributed by atoms with Crippen LogP contribution in [0.4, 0.5) is 5.82 Å². The van der Waals surface area contributed by atoms with Crippen LogP contribution < -0.4 is 10.1 Å². The first-order valence-corrected chi connectivity index (χ1v) is 8.79. The molecule has 3 aromatic heterocycles. The fraction of sp³-hybridized carbons (Fsp3) is 0.176. The lowest BCUT2D eigenvalue weighted by Gasteiger charge is -2.03. The second kappa shape index (κ2) is 6.72. The van der Waals surface area contributed by atoms with Crippen LogP contribution >= 0.6 is 11.3 Å². The molecule has 0 aliphatic carbocycles. The monoisotopic (exact) mass is 385 g/mol. The lowest BCUT2D eigenvalue weighted by atomic mass is 10.1. The Labute approximate surface area is 157 Å². The highest BCUT2D eigenvalue weighted by Crippen LogP contribution is 2.30. The number of aromatic carboxylic acids is 1. The van der Waals surface area contributed by atoms with Gasteiger partial charge in [-0.2, -0.15) is 5.10 Å². The maximum Gasteiger partial charge on any atom is 0.343 e. The molecule has 0 aliphatic rings. The van der Waals surface area contributed by atoms with Crippen molar-refractivity contribution in [1.29, 1.82) is 0 Å². The van der Waals surface area contributed by atoms with Crippen molar-refractivity contribution in [2.24, 2.45) is 0 Å².